The summed E-state index contributed by atoms with van der Waals surface area (Å²) >= 11 is 0. The van der Waals surface area contributed by atoms with E-state index in [0.717, 1.165) is 70.6 Å². The van der Waals surface area contributed by atoms with Crippen molar-refractivity contribution in [1.29, 1.82) is 0 Å². The minimum Gasteiger partial charge on any atom is -0.466 e. The van der Waals surface area contributed by atoms with Crippen molar-refractivity contribution in [2.75, 3.05) is 19.8 Å². The van der Waals surface area contributed by atoms with Crippen LogP contribution in [0.1, 0.15) is 399 Å². The van der Waals surface area contributed by atoms with Gasteiger partial charge in [-0.05, 0) is 109 Å². The van der Waals surface area contributed by atoms with Gasteiger partial charge in [0.25, 0.3) is 0 Å². The number of carbonyl (C=O) groups excluding carboxylic acids is 2. The van der Waals surface area contributed by atoms with Crippen LogP contribution in [0.25, 0.3) is 0 Å². The van der Waals surface area contributed by atoms with Gasteiger partial charge in [0.2, 0.25) is 5.91 Å². The average molecular weight is 1370 g/mol. The number of amides is 1. The third-order valence-electron chi connectivity index (χ3n) is 19.5. The molecule has 7 unspecified atom stereocenters. The van der Waals surface area contributed by atoms with Crippen molar-refractivity contribution < 1.29 is 49.3 Å². The number of carbonyl (C=O) groups is 2. The lowest BCUT2D eigenvalue weighted by atomic mass is 9.99. The van der Waals surface area contributed by atoms with Crippen LogP contribution in [0.5, 0.6) is 0 Å². The first-order valence-corrected chi connectivity index (χ1v) is 41.7. The van der Waals surface area contributed by atoms with Gasteiger partial charge in [0.05, 0.1) is 32.0 Å². The molecule has 1 amide bonds. The maximum Gasteiger partial charge on any atom is 0.305 e. The van der Waals surface area contributed by atoms with Gasteiger partial charge < -0.3 is 45.1 Å². The molecule has 1 rings (SSSR count). The van der Waals surface area contributed by atoms with E-state index in [1.807, 2.05) is 6.08 Å². The number of allylic oxidation sites excluding steroid dienone is 11. The lowest BCUT2D eigenvalue weighted by Crippen LogP contribution is -2.60. The summed E-state index contributed by atoms with van der Waals surface area (Å²) in [5.74, 6) is -0.181. The Bertz CT molecular complexity index is 1850. The van der Waals surface area contributed by atoms with Crippen LogP contribution in [-0.2, 0) is 23.8 Å². The SMILES string of the molecule is CCCCCC/C=C\C/C=C\CCCCCCCCCC(=O)OCCCCCCCCCCCCCCCCC/C=C\C/C=C\CCCCCCCCCCCCCCCCCCCC(=O)NC(COC1OC(CO)C(O)C(O)C1O)C(O)/C=C/CC/C=C/CCCCCCCC. The first-order chi connectivity index (χ1) is 47.7. The lowest BCUT2D eigenvalue weighted by molar-refractivity contribution is -0.302. The van der Waals surface area contributed by atoms with Crippen LogP contribution in [0, 0.1) is 0 Å². The lowest BCUT2D eigenvalue weighted by Gasteiger charge is -2.40. The number of hydrogen-bond acceptors (Lipinski definition) is 10. The van der Waals surface area contributed by atoms with E-state index in [1.165, 1.54) is 302 Å². The molecule has 0 aliphatic carbocycles. The van der Waals surface area contributed by atoms with E-state index in [1.54, 1.807) is 6.08 Å². The van der Waals surface area contributed by atoms with E-state index in [0.29, 0.717) is 19.4 Å². The monoisotopic (exact) mass is 1360 g/mol. The molecule has 97 heavy (non-hydrogen) atoms. The van der Waals surface area contributed by atoms with Gasteiger partial charge in [-0.2, -0.15) is 0 Å². The number of unbranched alkanes of at least 4 members (excludes halogenated alkanes) is 50. The van der Waals surface area contributed by atoms with Crippen molar-refractivity contribution in [2.24, 2.45) is 0 Å². The summed E-state index contributed by atoms with van der Waals surface area (Å²) in [7, 11) is 0. The van der Waals surface area contributed by atoms with E-state index in [9.17, 15) is 35.1 Å². The summed E-state index contributed by atoms with van der Waals surface area (Å²) < 4.78 is 16.8. The second-order valence-corrected chi connectivity index (χ2v) is 28.8. The fourth-order valence-electron chi connectivity index (χ4n) is 13.0. The van der Waals surface area contributed by atoms with Gasteiger partial charge in [0.15, 0.2) is 6.29 Å². The molecule has 1 aliphatic rings. The quantitative estimate of drug-likeness (QED) is 0.0195. The second kappa shape index (κ2) is 74.3. The molecule has 11 nitrogen and oxygen atoms in total. The van der Waals surface area contributed by atoms with Crippen LogP contribution in [0.15, 0.2) is 72.9 Å². The molecule has 0 radical (unpaired) electrons. The zero-order chi connectivity index (χ0) is 70.1. The summed E-state index contributed by atoms with van der Waals surface area (Å²) in [6.45, 7) is 4.33. The highest BCUT2D eigenvalue weighted by Crippen LogP contribution is 2.24. The first kappa shape index (κ1) is 92.1. The minimum absolute atomic E-state index is 0.00719. The van der Waals surface area contributed by atoms with Gasteiger partial charge in [-0.3, -0.25) is 9.59 Å². The number of esters is 1. The Balaban J connectivity index is 1.88. The van der Waals surface area contributed by atoms with Crippen molar-refractivity contribution in [2.45, 2.75) is 442 Å². The summed E-state index contributed by atoms with van der Waals surface area (Å²) in [5, 5.41) is 54.5. The molecular weight excluding hydrogens is 1210 g/mol. The maximum absolute atomic E-state index is 13.1. The molecule has 1 heterocycles. The normalized spacial score (nSPS) is 17.6. The zero-order valence-electron chi connectivity index (χ0n) is 63.3. The van der Waals surface area contributed by atoms with Crippen LogP contribution >= 0.6 is 0 Å². The molecule has 0 aromatic carbocycles. The standard InChI is InChI=1S/C86H157NO10/c1-3-5-7-9-11-13-15-17-18-19-44-47-50-54-58-62-66-70-74-82(91)95-75-71-67-63-59-55-51-48-45-42-40-38-36-34-32-30-28-26-24-22-20-21-23-25-27-29-31-33-35-37-39-41-43-46-49-53-57-61-65-69-73-81(90)87-78(77-96-86-85(94)84(93)83(92)80(76-88)97-86)79(89)72-68-64-60-56-52-16-14-12-10-8-6-4-2/h13,15,18-21,24,26,52,56,68,72,78-80,83-86,88-89,92-94H,3-12,14,16-17,22-23,25,27-51,53-55,57-67,69-71,73-77H2,1-2H3,(H,87,90)/b15-13-,19-18-,21-20-,26-24-,56-52+,72-68+. The van der Waals surface area contributed by atoms with Crippen LogP contribution in [0.4, 0.5) is 0 Å². The molecule has 11 heteroatoms. The van der Waals surface area contributed by atoms with Crippen LogP contribution in [0.3, 0.4) is 0 Å². The van der Waals surface area contributed by atoms with Crippen molar-refractivity contribution in [3.63, 3.8) is 0 Å². The topological polar surface area (TPSA) is 175 Å². The Labute approximate surface area is 598 Å². The first-order valence-electron chi connectivity index (χ1n) is 41.7. The molecule has 0 spiro atoms. The van der Waals surface area contributed by atoms with Gasteiger partial charge in [0.1, 0.15) is 24.4 Å². The van der Waals surface area contributed by atoms with Crippen molar-refractivity contribution in [3.8, 4) is 0 Å². The van der Waals surface area contributed by atoms with Gasteiger partial charge in [-0.15, -0.1) is 0 Å². The maximum atomic E-state index is 13.1. The fraction of sp³-hybridized carbons (Fsp3) is 0.837. The van der Waals surface area contributed by atoms with Crippen LogP contribution < -0.4 is 5.32 Å². The van der Waals surface area contributed by atoms with Crippen molar-refractivity contribution >= 4 is 11.9 Å². The van der Waals surface area contributed by atoms with E-state index < -0.39 is 49.5 Å². The minimum atomic E-state index is -1.58. The molecule has 0 aromatic rings. The summed E-state index contributed by atoms with van der Waals surface area (Å²) in [6.07, 6.45) is 92.4. The second-order valence-electron chi connectivity index (χ2n) is 28.8. The molecule has 7 atom stereocenters. The van der Waals surface area contributed by atoms with Crippen LogP contribution in [-0.4, -0.2) is 100 Å². The van der Waals surface area contributed by atoms with E-state index in [2.05, 4.69) is 79.9 Å². The number of ether oxygens (including phenoxy) is 3. The fourth-order valence-corrected chi connectivity index (χ4v) is 13.0. The van der Waals surface area contributed by atoms with Gasteiger partial charge in [0, 0.05) is 12.8 Å². The Morgan fingerprint density at radius 1 is 0.381 bits per heavy atom. The molecule has 566 valence electrons. The summed E-state index contributed by atoms with van der Waals surface area (Å²) in [4.78, 5) is 25.2. The molecule has 1 fully saturated rings. The number of nitrogens with one attached hydrogen (secondary N) is 1. The Morgan fingerprint density at radius 2 is 0.701 bits per heavy atom. The third kappa shape index (κ3) is 62.6. The highest BCUT2D eigenvalue weighted by molar-refractivity contribution is 5.76. The van der Waals surface area contributed by atoms with Gasteiger partial charge in [-0.1, -0.05) is 350 Å². The highest BCUT2D eigenvalue weighted by Gasteiger charge is 2.44. The predicted molar refractivity (Wildman–Crippen MR) is 412 cm³/mol. The summed E-state index contributed by atoms with van der Waals surface area (Å²) in [6, 6.07) is -0.826. The summed E-state index contributed by atoms with van der Waals surface area (Å²) in [5.41, 5.74) is 0. The molecule has 0 aromatic heterocycles. The Morgan fingerprint density at radius 3 is 1.09 bits per heavy atom. The highest BCUT2D eigenvalue weighted by atomic mass is 16.7. The van der Waals surface area contributed by atoms with Gasteiger partial charge in [-0.25, -0.2) is 0 Å². The average Bonchev–Trinajstić information content (AvgIpc) is 0.874. The third-order valence-corrected chi connectivity index (χ3v) is 19.5. The van der Waals surface area contributed by atoms with Gasteiger partial charge >= 0.3 is 5.97 Å². The van der Waals surface area contributed by atoms with Crippen molar-refractivity contribution in [1.82, 2.24) is 5.32 Å². The number of hydrogen-bond donors (Lipinski definition) is 6. The molecule has 1 saturated heterocycles. The molecule has 6 N–H and O–H groups in total. The molecular formula is C86H157NO10. The van der Waals surface area contributed by atoms with E-state index >= 15 is 0 Å². The smallest absolute Gasteiger partial charge is 0.305 e. The predicted octanol–water partition coefficient (Wildman–Crippen LogP) is 23.0. The Hall–Kier alpha value is -2.90. The number of aliphatic hydroxyl groups is 5. The largest absolute Gasteiger partial charge is 0.466 e. The molecule has 0 saturated carbocycles. The number of rotatable bonds is 74. The van der Waals surface area contributed by atoms with Crippen molar-refractivity contribution in [3.05, 3.63) is 72.9 Å². The number of aliphatic hydroxyl groups excluding tert-OH is 5. The zero-order valence-corrected chi connectivity index (χ0v) is 63.3. The van der Waals surface area contributed by atoms with E-state index in [-0.39, 0.29) is 18.5 Å². The molecule has 1 aliphatic heterocycles. The Kier molecular flexibility index (Phi) is 70.5. The molecule has 0 bridgehead atoms. The van der Waals surface area contributed by atoms with Crippen LogP contribution in [0.2, 0.25) is 0 Å². The van der Waals surface area contributed by atoms with E-state index in [4.69, 9.17) is 14.2 Å².